The lowest BCUT2D eigenvalue weighted by Crippen LogP contribution is -2.31. The molecule has 0 aliphatic carbocycles. The van der Waals surface area contributed by atoms with Gasteiger partial charge in [0.25, 0.3) is 5.91 Å². The van der Waals surface area contributed by atoms with Crippen molar-refractivity contribution in [2.75, 3.05) is 27.2 Å². The predicted octanol–water partition coefficient (Wildman–Crippen LogP) is 3.86. The topological polar surface area (TPSA) is 91.9 Å². The number of hydrogen-bond acceptors (Lipinski definition) is 4. The quantitative estimate of drug-likeness (QED) is 0.389. The second kappa shape index (κ2) is 11.0. The third kappa shape index (κ3) is 6.69. The molecule has 1 amide bonds. The summed E-state index contributed by atoms with van der Waals surface area (Å²) < 4.78 is 49.0. The summed E-state index contributed by atoms with van der Waals surface area (Å²) in [5.74, 6) is -2.43. The van der Waals surface area contributed by atoms with Crippen molar-refractivity contribution in [3.63, 3.8) is 0 Å². The number of aliphatic carboxylic acids is 1. The fraction of sp³-hybridized carbons (Fsp3) is 0.208. The van der Waals surface area contributed by atoms with E-state index in [1.165, 1.54) is 12.1 Å². The highest BCUT2D eigenvalue weighted by molar-refractivity contribution is 5.92. The van der Waals surface area contributed by atoms with Crippen LogP contribution in [0.2, 0.25) is 0 Å². The molecule has 0 saturated heterocycles. The van der Waals surface area contributed by atoms with Gasteiger partial charge in [-0.25, -0.2) is 13.9 Å². The molecule has 36 heavy (non-hydrogen) atoms. The van der Waals surface area contributed by atoms with Gasteiger partial charge in [-0.3, -0.25) is 4.79 Å². The number of pyridine rings is 1. The van der Waals surface area contributed by atoms with Gasteiger partial charge in [-0.05, 0) is 61.6 Å². The van der Waals surface area contributed by atoms with Crippen molar-refractivity contribution in [3.05, 3.63) is 78.5 Å². The summed E-state index contributed by atoms with van der Waals surface area (Å²) in [6.07, 6.45) is -1.38. The van der Waals surface area contributed by atoms with E-state index >= 15 is 0 Å². The van der Waals surface area contributed by atoms with Crippen molar-refractivity contribution in [3.8, 4) is 16.9 Å². The molecule has 0 radical (unpaired) electrons. The molecule has 1 aromatic carbocycles. The number of fused-ring (bicyclic) bond motifs is 1. The number of amides is 1. The fourth-order valence-corrected chi connectivity index (χ4v) is 3.17. The Morgan fingerprint density at radius 3 is 2.39 bits per heavy atom. The number of carbonyl (C=O) groups excluding carboxylic acids is 1. The molecule has 0 saturated carbocycles. The Balaban J connectivity index is 0.000000454. The van der Waals surface area contributed by atoms with Crippen molar-refractivity contribution in [2.45, 2.75) is 6.18 Å². The van der Waals surface area contributed by atoms with Crippen LogP contribution in [-0.4, -0.2) is 69.4 Å². The second-order valence-electron chi connectivity index (χ2n) is 7.92. The van der Waals surface area contributed by atoms with Gasteiger partial charge in [-0.15, -0.1) is 0 Å². The molecule has 4 rings (SSSR count). The first-order valence-electron chi connectivity index (χ1n) is 10.6. The van der Waals surface area contributed by atoms with Gasteiger partial charge in [-0.1, -0.05) is 18.2 Å². The van der Waals surface area contributed by atoms with E-state index in [-0.39, 0.29) is 11.7 Å². The summed E-state index contributed by atoms with van der Waals surface area (Å²) >= 11 is 0. The standard InChI is InChI=1S/C22H22FN5O.C2HF3O2/c1-26(2)13-11-24-22(29)20-10-12-28(25-20)21-9-8-19-7-6-17(15-27(19)21)16-4-3-5-18(23)14-16;3-2(4,5)1(6)7/h3-10,12,14-15H,11,13H2,1-2H3,(H,24,29);(H,6,7). The van der Waals surface area contributed by atoms with Gasteiger partial charge in [0.15, 0.2) is 5.69 Å². The van der Waals surface area contributed by atoms with Gasteiger partial charge < -0.3 is 19.7 Å². The molecule has 0 fully saturated rings. The Kier molecular flexibility index (Phi) is 8.10. The van der Waals surface area contributed by atoms with Crippen LogP contribution >= 0.6 is 0 Å². The lowest BCUT2D eigenvalue weighted by molar-refractivity contribution is -0.192. The predicted molar refractivity (Wildman–Crippen MR) is 124 cm³/mol. The highest BCUT2D eigenvalue weighted by Gasteiger charge is 2.38. The van der Waals surface area contributed by atoms with Crippen molar-refractivity contribution < 1.29 is 32.3 Å². The summed E-state index contributed by atoms with van der Waals surface area (Å²) in [7, 11) is 3.91. The SMILES string of the molecule is CN(C)CCNC(=O)c1ccn(-c2ccc3ccc(-c4cccc(F)c4)cn23)n1.O=C(O)C(F)(F)F. The minimum atomic E-state index is -5.08. The third-order valence-corrected chi connectivity index (χ3v) is 4.93. The van der Waals surface area contributed by atoms with E-state index in [1.807, 2.05) is 59.9 Å². The molecule has 3 aromatic heterocycles. The minimum Gasteiger partial charge on any atom is -0.475 e. The van der Waals surface area contributed by atoms with Crippen LogP contribution in [0.3, 0.4) is 0 Å². The molecule has 0 bridgehead atoms. The molecule has 0 unspecified atom stereocenters. The fourth-order valence-electron chi connectivity index (χ4n) is 3.17. The van der Waals surface area contributed by atoms with Gasteiger partial charge in [0.05, 0.1) is 0 Å². The average molecular weight is 505 g/mol. The molecule has 0 aliphatic rings. The van der Waals surface area contributed by atoms with Crippen LogP contribution < -0.4 is 5.32 Å². The molecule has 0 spiro atoms. The van der Waals surface area contributed by atoms with Crippen molar-refractivity contribution in [2.24, 2.45) is 0 Å². The zero-order chi connectivity index (χ0) is 26.5. The zero-order valence-electron chi connectivity index (χ0n) is 19.3. The maximum Gasteiger partial charge on any atom is 0.490 e. The monoisotopic (exact) mass is 505 g/mol. The number of nitrogens with one attached hydrogen (secondary N) is 1. The Bertz CT molecular complexity index is 1360. The summed E-state index contributed by atoms with van der Waals surface area (Å²) in [5, 5.41) is 14.4. The number of alkyl halides is 3. The van der Waals surface area contributed by atoms with Crippen molar-refractivity contribution in [1.29, 1.82) is 0 Å². The van der Waals surface area contributed by atoms with Crippen LogP contribution in [0.5, 0.6) is 0 Å². The number of likely N-dealkylation sites (N-methyl/N-ethyl adjacent to an activating group) is 1. The molecule has 0 atom stereocenters. The van der Waals surface area contributed by atoms with Gasteiger partial charge >= 0.3 is 12.1 Å². The molecule has 2 N–H and O–H groups in total. The highest BCUT2D eigenvalue weighted by Crippen LogP contribution is 2.23. The summed E-state index contributed by atoms with van der Waals surface area (Å²) in [6.45, 7) is 1.32. The molecule has 8 nitrogen and oxygen atoms in total. The van der Waals surface area contributed by atoms with Gasteiger partial charge in [0.1, 0.15) is 11.6 Å². The second-order valence-corrected chi connectivity index (χ2v) is 7.92. The number of aromatic nitrogens is 3. The number of nitrogens with zero attached hydrogens (tertiary/aromatic N) is 4. The largest absolute Gasteiger partial charge is 0.490 e. The Morgan fingerprint density at radius 1 is 1.06 bits per heavy atom. The van der Waals surface area contributed by atoms with Crippen LogP contribution in [0, 0.1) is 5.82 Å². The number of halogens is 4. The molecule has 190 valence electrons. The van der Waals surface area contributed by atoms with E-state index in [1.54, 1.807) is 23.0 Å². The zero-order valence-corrected chi connectivity index (χ0v) is 19.3. The van der Waals surface area contributed by atoms with E-state index in [2.05, 4.69) is 10.4 Å². The molecule has 0 aliphatic heterocycles. The van der Waals surface area contributed by atoms with Crippen LogP contribution in [-0.2, 0) is 4.79 Å². The summed E-state index contributed by atoms with van der Waals surface area (Å²) in [6, 6.07) is 16.0. The van der Waals surface area contributed by atoms with Crippen LogP contribution in [0.25, 0.3) is 22.5 Å². The summed E-state index contributed by atoms with van der Waals surface area (Å²) in [4.78, 5) is 23.2. The molecular formula is C24H23F4N5O3. The van der Waals surface area contributed by atoms with Crippen molar-refractivity contribution in [1.82, 2.24) is 24.4 Å². The van der Waals surface area contributed by atoms with Crippen molar-refractivity contribution >= 4 is 17.4 Å². The van der Waals surface area contributed by atoms with E-state index in [9.17, 15) is 22.4 Å². The van der Waals surface area contributed by atoms with Crippen LogP contribution in [0.15, 0.2) is 67.0 Å². The molecule has 12 heteroatoms. The molecule has 4 aromatic rings. The first-order valence-corrected chi connectivity index (χ1v) is 10.6. The first-order chi connectivity index (χ1) is 17.0. The van der Waals surface area contributed by atoms with E-state index in [0.717, 1.165) is 29.0 Å². The normalized spacial score (nSPS) is 11.3. The maximum absolute atomic E-state index is 13.6. The van der Waals surface area contributed by atoms with Crippen LogP contribution in [0.4, 0.5) is 17.6 Å². The maximum atomic E-state index is 13.6. The minimum absolute atomic E-state index is 0.202. The number of carbonyl (C=O) groups is 2. The highest BCUT2D eigenvalue weighted by atomic mass is 19.4. The number of benzene rings is 1. The van der Waals surface area contributed by atoms with Gasteiger partial charge in [0.2, 0.25) is 0 Å². The third-order valence-electron chi connectivity index (χ3n) is 4.93. The van der Waals surface area contributed by atoms with Crippen LogP contribution in [0.1, 0.15) is 10.5 Å². The molecular weight excluding hydrogens is 482 g/mol. The number of carboxylic acid groups (broad SMARTS) is 1. The Morgan fingerprint density at radius 2 is 1.75 bits per heavy atom. The van der Waals surface area contributed by atoms with E-state index < -0.39 is 12.1 Å². The Hall–Kier alpha value is -4.19. The van der Waals surface area contributed by atoms with E-state index in [4.69, 9.17) is 9.90 Å². The lowest BCUT2D eigenvalue weighted by atomic mass is 10.1. The Labute approximate surface area is 203 Å². The van der Waals surface area contributed by atoms with Gasteiger partial charge in [-0.2, -0.15) is 18.3 Å². The number of rotatable bonds is 6. The average Bonchev–Trinajstić information content (AvgIpc) is 3.45. The first kappa shape index (κ1) is 26.4. The summed E-state index contributed by atoms with van der Waals surface area (Å²) in [5.41, 5.74) is 3.03. The number of carboxylic acids is 1. The molecule has 3 heterocycles. The van der Waals surface area contributed by atoms with E-state index in [0.29, 0.717) is 12.2 Å². The smallest absolute Gasteiger partial charge is 0.475 e. The lowest BCUT2D eigenvalue weighted by Gasteiger charge is -2.09. The van der Waals surface area contributed by atoms with Gasteiger partial charge in [0, 0.05) is 31.0 Å². The number of hydrogen-bond donors (Lipinski definition) is 2.